The quantitative estimate of drug-likeness (QED) is 0.650. The van der Waals surface area contributed by atoms with E-state index < -0.39 is 0 Å². The molecule has 2 aromatic rings. The molecule has 0 aliphatic carbocycles. The number of carbonyl (C=O) groups excluding carboxylic acids is 2. The minimum absolute atomic E-state index is 0.0000900. The van der Waals surface area contributed by atoms with Crippen LogP contribution in [0.5, 0.6) is 0 Å². The SMILES string of the molecule is CCN(CC)C(=O)CCCC(=O)NCc1ccc(CN2CCc3ccccc32)cc1. The number of nitrogens with one attached hydrogen (secondary N) is 1. The van der Waals surface area contributed by atoms with Crippen LogP contribution in [0, 0.1) is 0 Å². The molecule has 0 aromatic heterocycles. The smallest absolute Gasteiger partial charge is 0.222 e. The van der Waals surface area contributed by atoms with Gasteiger partial charge in [-0.3, -0.25) is 9.59 Å². The van der Waals surface area contributed by atoms with Gasteiger partial charge in [-0.2, -0.15) is 0 Å². The first-order valence-corrected chi connectivity index (χ1v) is 11.1. The summed E-state index contributed by atoms with van der Waals surface area (Å²) in [6.45, 7) is 7.89. The molecule has 1 aliphatic heterocycles. The topological polar surface area (TPSA) is 52.7 Å². The average molecular weight is 408 g/mol. The van der Waals surface area contributed by atoms with Crippen LogP contribution >= 0.6 is 0 Å². The van der Waals surface area contributed by atoms with Crippen molar-refractivity contribution in [2.24, 2.45) is 0 Å². The largest absolute Gasteiger partial charge is 0.367 e. The maximum atomic E-state index is 12.1. The van der Waals surface area contributed by atoms with Crippen molar-refractivity contribution in [3.05, 3.63) is 65.2 Å². The molecule has 5 heteroatoms. The lowest BCUT2D eigenvalue weighted by Crippen LogP contribution is -2.30. The third kappa shape index (κ3) is 5.85. The molecule has 0 bridgehead atoms. The van der Waals surface area contributed by atoms with Gasteiger partial charge in [-0.1, -0.05) is 42.5 Å². The second kappa shape index (κ2) is 10.8. The van der Waals surface area contributed by atoms with Gasteiger partial charge in [-0.25, -0.2) is 0 Å². The molecule has 2 aromatic carbocycles. The van der Waals surface area contributed by atoms with E-state index in [-0.39, 0.29) is 11.8 Å². The summed E-state index contributed by atoms with van der Waals surface area (Å²) in [7, 11) is 0. The lowest BCUT2D eigenvalue weighted by Gasteiger charge is -2.19. The third-order valence-electron chi connectivity index (χ3n) is 5.78. The highest BCUT2D eigenvalue weighted by Gasteiger charge is 2.18. The molecule has 0 unspecified atom stereocenters. The van der Waals surface area contributed by atoms with E-state index in [4.69, 9.17) is 0 Å². The number of carbonyl (C=O) groups is 2. The minimum atomic E-state index is 0.0000900. The summed E-state index contributed by atoms with van der Waals surface area (Å²) < 4.78 is 0. The molecule has 1 N–H and O–H groups in total. The van der Waals surface area contributed by atoms with Crippen LogP contribution in [-0.4, -0.2) is 36.3 Å². The molecule has 30 heavy (non-hydrogen) atoms. The van der Waals surface area contributed by atoms with E-state index in [0.717, 1.165) is 38.2 Å². The van der Waals surface area contributed by atoms with Crippen molar-refractivity contribution in [1.82, 2.24) is 10.2 Å². The van der Waals surface area contributed by atoms with E-state index in [0.29, 0.717) is 25.8 Å². The molecule has 1 aliphatic rings. The predicted molar refractivity (Wildman–Crippen MR) is 121 cm³/mol. The van der Waals surface area contributed by atoms with Crippen molar-refractivity contribution in [2.75, 3.05) is 24.5 Å². The van der Waals surface area contributed by atoms with Crippen LogP contribution in [0.4, 0.5) is 5.69 Å². The zero-order valence-electron chi connectivity index (χ0n) is 18.2. The highest BCUT2D eigenvalue weighted by molar-refractivity contribution is 5.78. The molecule has 0 radical (unpaired) electrons. The number of nitrogens with zero attached hydrogens (tertiary/aromatic N) is 2. The Balaban J connectivity index is 1.39. The van der Waals surface area contributed by atoms with Gasteiger partial charge in [0.15, 0.2) is 0 Å². The molecule has 0 atom stereocenters. The summed E-state index contributed by atoms with van der Waals surface area (Å²) >= 11 is 0. The molecular weight excluding hydrogens is 374 g/mol. The van der Waals surface area contributed by atoms with Crippen molar-refractivity contribution in [2.45, 2.75) is 52.6 Å². The van der Waals surface area contributed by atoms with E-state index >= 15 is 0 Å². The molecule has 0 saturated carbocycles. The molecule has 160 valence electrons. The second-order valence-corrected chi connectivity index (χ2v) is 7.81. The lowest BCUT2D eigenvalue weighted by atomic mass is 10.1. The molecule has 2 amide bonds. The van der Waals surface area contributed by atoms with Crippen LogP contribution < -0.4 is 10.2 Å². The summed E-state index contributed by atoms with van der Waals surface area (Å²) in [5.74, 6) is 0.129. The monoisotopic (exact) mass is 407 g/mol. The third-order valence-corrected chi connectivity index (χ3v) is 5.78. The first-order valence-electron chi connectivity index (χ1n) is 11.1. The van der Waals surface area contributed by atoms with Crippen molar-refractivity contribution in [1.29, 1.82) is 0 Å². The highest BCUT2D eigenvalue weighted by Crippen LogP contribution is 2.28. The maximum absolute atomic E-state index is 12.1. The number of amides is 2. The van der Waals surface area contributed by atoms with Gasteiger partial charge in [0.1, 0.15) is 0 Å². The fraction of sp³-hybridized carbons (Fsp3) is 0.440. The van der Waals surface area contributed by atoms with Crippen molar-refractivity contribution >= 4 is 17.5 Å². The van der Waals surface area contributed by atoms with Gasteiger partial charge in [-0.15, -0.1) is 0 Å². The molecule has 1 heterocycles. The number of hydrogen-bond donors (Lipinski definition) is 1. The first kappa shape index (κ1) is 21.9. The van der Waals surface area contributed by atoms with E-state index in [1.54, 1.807) is 4.90 Å². The van der Waals surface area contributed by atoms with Gasteiger partial charge in [0.05, 0.1) is 0 Å². The summed E-state index contributed by atoms with van der Waals surface area (Å²) in [5, 5.41) is 2.96. The average Bonchev–Trinajstić information content (AvgIpc) is 3.17. The fourth-order valence-corrected chi connectivity index (χ4v) is 3.98. The van der Waals surface area contributed by atoms with Gasteiger partial charge in [-0.05, 0) is 49.4 Å². The zero-order chi connectivity index (χ0) is 21.3. The number of anilines is 1. The Kier molecular flexibility index (Phi) is 7.89. The summed E-state index contributed by atoms with van der Waals surface area (Å²) in [4.78, 5) is 28.3. The van der Waals surface area contributed by atoms with E-state index in [1.807, 2.05) is 13.8 Å². The Hall–Kier alpha value is -2.82. The van der Waals surface area contributed by atoms with Crippen molar-refractivity contribution in [3.8, 4) is 0 Å². The minimum Gasteiger partial charge on any atom is -0.367 e. The number of fused-ring (bicyclic) bond motifs is 1. The van der Waals surface area contributed by atoms with Crippen LogP contribution in [0.3, 0.4) is 0 Å². The zero-order valence-corrected chi connectivity index (χ0v) is 18.2. The van der Waals surface area contributed by atoms with Crippen LogP contribution in [0.1, 0.15) is 49.8 Å². The van der Waals surface area contributed by atoms with Gasteiger partial charge >= 0.3 is 0 Å². The van der Waals surface area contributed by atoms with Gasteiger partial charge in [0.25, 0.3) is 0 Å². The van der Waals surface area contributed by atoms with E-state index in [1.165, 1.54) is 16.8 Å². The summed E-state index contributed by atoms with van der Waals surface area (Å²) in [6, 6.07) is 17.1. The Labute approximate surface area is 180 Å². The maximum Gasteiger partial charge on any atom is 0.222 e. The summed E-state index contributed by atoms with van der Waals surface area (Å²) in [5.41, 5.74) is 5.13. The normalized spacial score (nSPS) is 12.5. The predicted octanol–water partition coefficient (Wildman–Crippen LogP) is 3.90. The number of para-hydroxylation sites is 1. The number of rotatable bonds is 10. The molecule has 0 spiro atoms. The molecule has 3 rings (SSSR count). The number of hydrogen-bond acceptors (Lipinski definition) is 3. The number of benzene rings is 2. The van der Waals surface area contributed by atoms with Crippen LogP contribution in [-0.2, 0) is 29.1 Å². The Morgan fingerprint density at radius 1 is 0.967 bits per heavy atom. The van der Waals surface area contributed by atoms with E-state index in [2.05, 4.69) is 58.7 Å². The highest BCUT2D eigenvalue weighted by atomic mass is 16.2. The van der Waals surface area contributed by atoms with Gasteiger partial charge in [0.2, 0.25) is 11.8 Å². The Bertz CT molecular complexity index is 844. The van der Waals surface area contributed by atoms with E-state index in [9.17, 15) is 9.59 Å². The molecular formula is C25H33N3O2. The fourth-order valence-electron chi connectivity index (χ4n) is 3.98. The molecule has 0 saturated heterocycles. The van der Waals surface area contributed by atoms with Crippen LogP contribution in [0.15, 0.2) is 48.5 Å². The molecule has 0 fully saturated rings. The Morgan fingerprint density at radius 3 is 2.40 bits per heavy atom. The van der Waals surface area contributed by atoms with Crippen LogP contribution in [0.2, 0.25) is 0 Å². The van der Waals surface area contributed by atoms with Gasteiger partial charge in [0, 0.05) is 51.3 Å². The van der Waals surface area contributed by atoms with Crippen molar-refractivity contribution in [3.63, 3.8) is 0 Å². The second-order valence-electron chi connectivity index (χ2n) is 7.81. The Morgan fingerprint density at radius 2 is 1.67 bits per heavy atom. The molecule has 5 nitrogen and oxygen atoms in total. The van der Waals surface area contributed by atoms with Crippen LogP contribution in [0.25, 0.3) is 0 Å². The first-order chi connectivity index (χ1) is 14.6. The van der Waals surface area contributed by atoms with Gasteiger partial charge < -0.3 is 15.1 Å². The van der Waals surface area contributed by atoms with Crippen molar-refractivity contribution < 1.29 is 9.59 Å². The lowest BCUT2D eigenvalue weighted by molar-refractivity contribution is -0.131. The summed E-state index contributed by atoms with van der Waals surface area (Å²) in [6.07, 6.45) is 2.53. The standard InChI is InChI=1S/C25H33N3O2/c1-3-27(4-2)25(30)11-7-10-24(29)26-18-20-12-14-21(15-13-20)19-28-17-16-22-8-5-6-9-23(22)28/h5-6,8-9,12-15H,3-4,7,10-11,16-19H2,1-2H3,(H,26,29).